The fourth-order valence-corrected chi connectivity index (χ4v) is 1.49. The third-order valence-corrected chi connectivity index (χ3v) is 2.13. The lowest BCUT2D eigenvalue weighted by Gasteiger charge is -2.20. The summed E-state index contributed by atoms with van der Waals surface area (Å²) in [6.45, 7) is 6.45. The zero-order valence-corrected chi connectivity index (χ0v) is 11.1. The highest BCUT2D eigenvalue weighted by molar-refractivity contribution is 6.29. The number of pyridine rings is 1. The third-order valence-electron chi connectivity index (χ3n) is 1.92. The molecule has 17 heavy (non-hydrogen) atoms. The van der Waals surface area contributed by atoms with Crippen LogP contribution in [0.3, 0.4) is 0 Å². The van der Waals surface area contributed by atoms with Crippen molar-refractivity contribution in [3.05, 3.63) is 23.5 Å². The van der Waals surface area contributed by atoms with Gasteiger partial charge in [-0.2, -0.15) is 0 Å². The van der Waals surface area contributed by atoms with Crippen LogP contribution in [0.5, 0.6) is 0 Å². The Morgan fingerprint density at radius 2 is 2.18 bits per heavy atom. The molecule has 1 amide bonds. The van der Waals surface area contributed by atoms with Crippen molar-refractivity contribution in [3.8, 4) is 0 Å². The van der Waals surface area contributed by atoms with Gasteiger partial charge in [0, 0.05) is 30.4 Å². The van der Waals surface area contributed by atoms with E-state index in [0.29, 0.717) is 18.1 Å². The SMILES string of the molecule is CC(C)(C)NC(=O)CCNc1ccnc(Cl)c1. The minimum Gasteiger partial charge on any atom is -0.384 e. The summed E-state index contributed by atoms with van der Waals surface area (Å²) < 4.78 is 0. The molecule has 1 aromatic rings. The molecule has 5 heteroatoms. The lowest BCUT2D eigenvalue weighted by Crippen LogP contribution is -2.41. The molecule has 0 radical (unpaired) electrons. The van der Waals surface area contributed by atoms with Crippen LogP contribution in [0.2, 0.25) is 5.15 Å². The lowest BCUT2D eigenvalue weighted by molar-refractivity contribution is -0.122. The van der Waals surface area contributed by atoms with Gasteiger partial charge in [-0.3, -0.25) is 4.79 Å². The van der Waals surface area contributed by atoms with Crippen LogP contribution >= 0.6 is 11.6 Å². The number of anilines is 1. The van der Waals surface area contributed by atoms with Crippen molar-refractivity contribution >= 4 is 23.2 Å². The van der Waals surface area contributed by atoms with E-state index in [1.165, 1.54) is 0 Å². The summed E-state index contributed by atoms with van der Waals surface area (Å²) in [6.07, 6.45) is 2.05. The maximum atomic E-state index is 11.5. The fourth-order valence-electron chi connectivity index (χ4n) is 1.31. The Balaban J connectivity index is 2.31. The number of hydrogen-bond donors (Lipinski definition) is 2. The molecule has 0 atom stereocenters. The Morgan fingerprint density at radius 1 is 1.47 bits per heavy atom. The molecule has 0 unspecified atom stereocenters. The molecule has 0 saturated carbocycles. The van der Waals surface area contributed by atoms with Crippen LogP contribution < -0.4 is 10.6 Å². The van der Waals surface area contributed by atoms with E-state index in [4.69, 9.17) is 11.6 Å². The first-order valence-corrected chi connectivity index (χ1v) is 5.91. The zero-order chi connectivity index (χ0) is 12.9. The van der Waals surface area contributed by atoms with Gasteiger partial charge in [0.25, 0.3) is 0 Å². The van der Waals surface area contributed by atoms with E-state index in [1.807, 2.05) is 26.8 Å². The van der Waals surface area contributed by atoms with Crippen LogP contribution in [0.1, 0.15) is 27.2 Å². The second-order valence-electron chi connectivity index (χ2n) is 4.84. The molecule has 1 heterocycles. The fraction of sp³-hybridized carbons (Fsp3) is 0.500. The standard InChI is InChI=1S/C12H18ClN3O/c1-12(2,3)16-11(17)5-7-14-9-4-6-15-10(13)8-9/h4,6,8H,5,7H2,1-3H3,(H,14,15)(H,16,17). The zero-order valence-electron chi connectivity index (χ0n) is 10.4. The molecule has 0 fully saturated rings. The minimum absolute atomic E-state index is 0.0325. The van der Waals surface area contributed by atoms with Crippen LogP contribution in [0.15, 0.2) is 18.3 Å². The van der Waals surface area contributed by atoms with Gasteiger partial charge in [-0.05, 0) is 32.9 Å². The van der Waals surface area contributed by atoms with E-state index >= 15 is 0 Å². The molecule has 0 aliphatic rings. The van der Waals surface area contributed by atoms with Crippen molar-refractivity contribution in [3.63, 3.8) is 0 Å². The van der Waals surface area contributed by atoms with E-state index in [1.54, 1.807) is 12.3 Å². The van der Waals surface area contributed by atoms with Crippen molar-refractivity contribution in [2.75, 3.05) is 11.9 Å². The van der Waals surface area contributed by atoms with Crippen LogP contribution in [-0.2, 0) is 4.79 Å². The van der Waals surface area contributed by atoms with Crippen molar-refractivity contribution in [2.24, 2.45) is 0 Å². The number of halogens is 1. The quantitative estimate of drug-likeness (QED) is 0.813. The molecule has 4 nitrogen and oxygen atoms in total. The summed E-state index contributed by atoms with van der Waals surface area (Å²) in [4.78, 5) is 15.4. The third kappa shape index (κ3) is 6.12. The number of carbonyl (C=O) groups is 1. The summed E-state index contributed by atoms with van der Waals surface area (Å²) in [5.41, 5.74) is 0.686. The molecule has 0 saturated heterocycles. The summed E-state index contributed by atoms with van der Waals surface area (Å²) in [7, 11) is 0. The first-order valence-electron chi connectivity index (χ1n) is 5.53. The average Bonchev–Trinajstić information content (AvgIpc) is 2.14. The van der Waals surface area contributed by atoms with Gasteiger partial charge in [0.2, 0.25) is 5.91 Å². The maximum absolute atomic E-state index is 11.5. The van der Waals surface area contributed by atoms with Gasteiger partial charge < -0.3 is 10.6 Å². The number of amides is 1. The predicted octanol–water partition coefficient (Wildman–Crippen LogP) is 2.45. The molecule has 0 spiro atoms. The Kier molecular flexibility index (Phi) is 4.75. The van der Waals surface area contributed by atoms with Gasteiger partial charge in [0.05, 0.1) is 0 Å². The summed E-state index contributed by atoms with van der Waals surface area (Å²) in [5.74, 6) is 0.0325. The number of carbonyl (C=O) groups excluding carboxylic acids is 1. The first-order chi connectivity index (χ1) is 7.87. The Hall–Kier alpha value is -1.29. The molecule has 2 N–H and O–H groups in total. The number of nitrogens with one attached hydrogen (secondary N) is 2. The molecular formula is C12H18ClN3O. The Morgan fingerprint density at radius 3 is 2.76 bits per heavy atom. The van der Waals surface area contributed by atoms with Crippen molar-refractivity contribution in [1.82, 2.24) is 10.3 Å². The van der Waals surface area contributed by atoms with E-state index in [2.05, 4.69) is 15.6 Å². The molecule has 1 aromatic heterocycles. The summed E-state index contributed by atoms with van der Waals surface area (Å²) >= 11 is 5.74. The van der Waals surface area contributed by atoms with E-state index in [-0.39, 0.29) is 11.4 Å². The van der Waals surface area contributed by atoms with E-state index in [0.717, 1.165) is 5.69 Å². The summed E-state index contributed by atoms with van der Waals surface area (Å²) in [6, 6.07) is 3.54. The van der Waals surface area contributed by atoms with Crippen LogP contribution in [0.25, 0.3) is 0 Å². The predicted molar refractivity (Wildman–Crippen MR) is 70.2 cm³/mol. The molecule has 0 aliphatic carbocycles. The molecule has 94 valence electrons. The molecule has 1 rings (SSSR count). The second kappa shape index (κ2) is 5.87. The Bertz CT molecular complexity index is 388. The van der Waals surface area contributed by atoms with Gasteiger partial charge in [-0.15, -0.1) is 0 Å². The van der Waals surface area contributed by atoms with Crippen molar-refractivity contribution < 1.29 is 4.79 Å². The highest BCUT2D eigenvalue weighted by Crippen LogP contribution is 2.11. The number of rotatable bonds is 4. The van der Waals surface area contributed by atoms with Crippen LogP contribution in [0.4, 0.5) is 5.69 Å². The molecule has 0 bridgehead atoms. The van der Waals surface area contributed by atoms with Crippen LogP contribution in [-0.4, -0.2) is 23.0 Å². The van der Waals surface area contributed by atoms with Gasteiger partial charge in [0.1, 0.15) is 5.15 Å². The van der Waals surface area contributed by atoms with Crippen LogP contribution in [0, 0.1) is 0 Å². The maximum Gasteiger partial charge on any atom is 0.222 e. The number of aromatic nitrogens is 1. The molecular weight excluding hydrogens is 238 g/mol. The first kappa shape index (κ1) is 13.8. The monoisotopic (exact) mass is 255 g/mol. The largest absolute Gasteiger partial charge is 0.384 e. The topological polar surface area (TPSA) is 54.0 Å². The average molecular weight is 256 g/mol. The van der Waals surface area contributed by atoms with E-state index in [9.17, 15) is 4.79 Å². The summed E-state index contributed by atoms with van der Waals surface area (Å²) in [5, 5.41) is 6.46. The highest BCUT2D eigenvalue weighted by atomic mass is 35.5. The number of nitrogens with zero attached hydrogens (tertiary/aromatic N) is 1. The molecule has 0 aliphatic heterocycles. The second-order valence-corrected chi connectivity index (χ2v) is 5.23. The van der Waals surface area contributed by atoms with Crippen molar-refractivity contribution in [2.45, 2.75) is 32.7 Å². The normalized spacial score (nSPS) is 11.1. The van der Waals surface area contributed by atoms with Crippen molar-refractivity contribution in [1.29, 1.82) is 0 Å². The van der Waals surface area contributed by atoms with Gasteiger partial charge in [-0.25, -0.2) is 4.98 Å². The smallest absolute Gasteiger partial charge is 0.222 e. The minimum atomic E-state index is -0.183. The highest BCUT2D eigenvalue weighted by Gasteiger charge is 2.12. The van der Waals surface area contributed by atoms with Gasteiger partial charge in [-0.1, -0.05) is 11.6 Å². The Labute approximate surface area is 107 Å². The van der Waals surface area contributed by atoms with Gasteiger partial charge in [0.15, 0.2) is 0 Å². The van der Waals surface area contributed by atoms with E-state index < -0.39 is 0 Å². The number of hydrogen-bond acceptors (Lipinski definition) is 3. The van der Waals surface area contributed by atoms with Gasteiger partial charge >= 0.3 is 0 Å². The lowest BCUT2D eigenvalue weighted by atomic mass is 10.1. The molecule has 0 aromatic carbocycles.